The third-order valence-corrected chi connectivity index (χ3v) is 9.21. The molecule has 6 heteroatoms. The number of carbonyl (C=O) groups is 2. The summed E-state index contributed by atoms with van der Waals surface area (Å²) in [5.41, 5.74) is 4.57. The molecule has 3 aromatic carbocycles. The molecule has 194 valence electrons. The molecule has 0 aliphatic carbocycles. The van der Waals surface area contributed by atoms with Crippen LogP contribution in [0.1, 0.15) is 44.9 Å². The highest BCUT2D eigenvalue weighted by molar-refractivity contribution is 7.10. The van der Waals surface area contributed by atoms with Crippen LogP contribution in [0.4, 0.5) is 0 Å². The van der Waals surface area contributed by atoms with Crippen LogP contribution in [0.2, 0.25) is 0 Å². The largest absolute Gasteiger partial charge is 0.338 e. The van der Waals surface area contributed by atoms with Gasteiger partial charge in [0.15, 0.2) is 0 Å². The molecule has 1 fully saturated rings. The Morgan fingerprint density at radius 3 is 2.32 bits per heavy atom. The standard InChI is InChI=1S/C32H33N3O2S/c1-22-7-3-6-10-27(22)30-28-14-20-38-29(28)13-15-35(30)23(2)31(36)33-16-18-34(19-17-33)32(37)26-12-11-24-8-4-5-9-25(24)21-26/h3-12,14,20-21,23,30H,13,15-19H2,1-2H3/t23-,30+/m1/s1. The Morgan fingerprint density at radius 1 is 0.816 bits per heavy atom. The zero-order valence-corrected chi connectivity index (χ0v) is 22.8. The van der Waals surface area contributed by atoms with Gasteiger partial charge >= 0.3 is 0 Å². The van der Waals surface area contributed by atoms with E-state index in [2.05, 4.69) is 60.5 Å². The predicted molar refractivity (Wildman–Crippen MR) is 154 cm³/mol. The summed E-state index contributed by atoms with van der Waals surface area (Å²) in [5.74, 6) is 0.191. The van der Waals surface area contributed by atoms with Crippen molar-refractivity contribution in [2.45, 2.75) is 32.4 Å². The fraction of sp³-hybridized carbons (Fsp3) is 0.312. The number of thiophene rings is 1. The fourth-order valence-electron chi connectivity index (χ4n) is 6.03. The van der Waals surface area contributed by atoms with Gasteiger partial charge in [0.05, 0.1) is 12.1 Å². The molecule has 0 saturated carbocycles. The Kier molecular flexibility index (Phi) is 6.76. The molecule has 0 radical (unpaired) electrons. The first-order valence-corrected chi connectivity index (χ1v) is 14.3. The van der Waals surface area contributed by atoms with Gasteiger partial charge in [-0.25, -0.2) is 0 Å². The van der Waals surface area contributed by atoms with E-state index in [1.165, 1.54) is 21.6 Å². The van der Waals surface area contributed by atoms with Crippen molar-refractivity contribution in [3.05, 3.63) is 105 Å². The normalized spacial score (nSPS) is 18.8. The highest BCUT2D eigenvalue weighted by Gasteiger charge is 2.38. The SMILES string of the molecule is Cc1ccccc1[C@H]1c2ccsc2CCN1[C@H](C)C(=O)N1CCN(C(=O)c2ccc3ccccc3c2)CC1. The van der Waals surface area contributed by atoms with Gasteiger partial charge in [-0.1, -0.05) is 54.6 Å². The summed E-state index contributed by atoms with van der Waals surface area (Å²) in [7, 11) is 0. The lowest BCUT2D eigenvalue weighted by Crippen LogP contribution is -2.56. The van der Waals surface area contributed by atoms with Crippen LogP contribution < -0.4 is 0 Å². The Hall–Kier alpha value is -3.48. The van der Waals surface area contributed by atoms with Crippen molar-refractivity contribution in [3.63, 3.8) is 0 Å². The molecule has 2 amide bonds. The maximum atomic E-state index is 13.8. The molecule has 1 saturated heterocycles. The van der Waals surface area contributed by atoms with Crippen LogP contribution in [-0.2, 0) is 11.2 Å². The van der Waals surface area contributed by atoms with E-state index in [-0.39, 0.29) is 23.9 Å². The van der Waals surface area contributed by atoms with Gasteiger partial charge in [-0.15, -0.1) is 11.3 Å². The van der Waals surface area contributed by atoms with Gasteiger partial charge in [0.1, 0.15) is 0 Å². The maximum Gasteiger partial charge on any atom is 0.253 e. The zero-order chi connectivity index (χ0) is 26.2. The van der Waals surface area contributed by atoms with Crippen LogP contribution in [0.3, 0.4) is 0 Å². The molecule has 4 aromatic rings. The van der Waals surface area contributed by atoms with E-state index in [0.29, 0.717) is 31.7 Å². The summed E-state index contributed by atoms with van der Waals surface area (Å²) in [5, 5.41) is 4.38. The third-order valence-electron chi connectivity index (χ3n) is 8.22. The minimum atomic E-state index is -0.240. The second-order valence-corrected chi connectivity index (χ2v) is 11.4. The van der Waals surface area contributed by atoms with Crippen molar-refractivity contribution in [1.82, 2.24) is 14.7 Å². The Labute approximate surface area is 228 Å². The van der Waals surface area contributed by atoms with Gasteiger partial charge in [-0.2, -0.15) is 0 Å². The second-order valence-electron chi connectivity index (χ2n) is 10.4. The van der Waals surface area contributed by atoms with Crippen molar-refractivity contribution < 1.29 is 9.59 Å². The van der Waals surface area contributed by atoms with Crippen LogP contribution in [0, 0.1) is 6.92 Å². The van der Waals surface area contributed by atoms with Crippen molar-refractivity contribution >= 4 is 33.9 Å². The van der Waals surface area contributed by atoms with E-state index >= 15 is 0 Å². The molecule has 3 heterocycles. The van der Waals surface area contributed by atoms with Crippen LogP contribution in [-0.4, -0.2) is 65.3 Å². The molecule has 5 nitrogen and oxygen atoms in total. The third kappa shape index (κ3) is 4.52. The smallest absolute Gasteiger partial charge is 0.253 e. The number of fused-ring (bicyclic) bond motifs is 2. The Morgan fingerprint density at radius 2 is 1.53 bits per heavy atom. The van der Waals surface area contributed by atoms with Crippen molar-refractivity contribution in [2.75, 3.05) is 32.7 Å². The quantitative estimate of drug-likeness (QED) is 0.353. The molecule has 0 bridgehead atoms. The van der Waals surface area contributed by atoms with Crippen molar-refractivity contribution in [1.29, 1.82) is 0 Å². The molecule has 0 spiro atoms. The first kappa shape index (κ1) is 24.8. The number of rotatable bonds is 4. The molecule has 2 aliphatic heterocycles. The van der Waals surface area contributed by atoms with Gasteiger partial charge < -0.3 is 9.80 Å². The topological polar surface area (TPSA) is 43.9 Å². The summed E-state index contributed by atoms with van der Waals surface area (Å²) in [6.45, 7) is 7.31. The number of piperazine rings is 1. The summed E-state index contributed by atoms with van der Waals surface area (Å²) in [6, 6.07) is 24.6. The van der Waals surface area contributed by atoms with Gasteiger partial charge in [-0.05, 0) is 71.3 Å². The lowest BCUT2D eigenvalue weighted by Gasteiger charge is -2.43. The van der Waals surface area contributed by atoms with Gasteiger partial charge in [0, 0.05) is 43.2 Å². The highest BCUT2D eigenvalue weighted by Crippen LogP contribution is 2.40. The Balaban J connectivity index is 1.16. The van der Waals surface area contributed by atoms with E-state index < -0.39 is 0 Å². The molecule has 2 aliphatic rings. The average molecular weight is 524 g/mol. The molecule has 0 N–H and O–H groups in total. The van der Waals surface area contributed by atoms with Crippen LogP contribution in [0.5, 0.6) is 0 Å². The number of nitrogens with zero attached hydrogens (tertiary/aromatic N) is 3. The molecule has 1 aromatic heterocycles. The Bertz CT molecular complexity index is 1490. The molecular formula is C32H33N3O2S. The summed E-state index contributed by atoms with van der Waals surface area (Å²) in [6.07, 6.45) is 0.973. The molecule has 0 unspecified atom stereocenters. The number of benzene rings is 3. The van der Waals surface area contributed by atoms with E-state index in [9.17, 15) is 9.59 Å². The fourth-order valence-corrected chi connectivity index (χ4v) is 6.94. The molecular weight excluding hydrogens is 490 g/mol. The number of carbonyl (C=O) groups excluding carboxylic acids is 2. The summed E-state index contributed by atoms with van der Waals surface area (Å²) >= 11 is 1.82. The number of amides is 2. The molecule has 6 rings (SSSR count). The van der Waals surface area contributed by atoms with Crippen LogP contribution in [0.25, 0.3) is 10.8 Å². The van der Waals surface area contributed by atoms with Gasteiger partial charge in [-0.3, -0.25) is 14.5 Å². The minimum absolute atomic E-state index is 0.0385. The van der Waals surface area contributed by atoms with Gasteiger partial charge in [0.25, 0.3) is 5.91 Å². The number of hydrogen-bond acceptors (Lipinski definition) is 4. The monoisotopic (exact) mass is 523 g/mol. The van der Waals surface area contributed by atoms with E-state index in [1.54, 1.807) is 0 Å². The zero-order valence-electron chi connectivity index (χ0n) is 22.0. The lowest BCUT2D eigenvalue weighted by molar-refractivity contribution is -0.138. The molecule has 2 atom stereocenters. The highest BCUT2D eigenvalue weighted by atomic mass is 32.1. The minimum Gasteiger partial charge on any atom is -0.338 e. The first-order chi connectivity index (χ1) is 18.5. The lowest BCUT2D eigenvalue weighted by atomic mass is 9.89. The van der Waals surface area contributed by atoms with Crippen molar-refractivity contribution in [3.8, 4) is 0 Å². The van der Waals surface area contributed by atoms with Crippen LogP contribution in [0.15, 0.2) is 78.2 Å². The maximum absolute atomic E-state index is 13.8. The van der Waals surface area contributed by atoms with Crippen LogP contribution >= 0.6 is 11.3 Å². The summed E-state index contributed by atoms with van der Waals surface area (Å²) in [4.78, 5) is 34.7. The average Bonchev–Trinajstić information content (AvgIpc) is 3.45. The van der Waals surface area contributed by atoms with E-state index in [4.69, 9.17) is 0 Å². The number of aryl methyl sites for hydroxylation is 1. The van der Waals surface area contributed by atoms with E-state index in [0.717, 1.165) is 23.7 Å². The summed E-state index contributed by atoms with van der Waals surface area (Å²) < 4.78 is 0. The van der Waals surface area contributed by atoms with E-state index in [1.807, 2.05) is 57.5 Å². The van der Waals surface area contributed by atoms with Crippen molar-refractivity contribution in [2.24, 2.45) is 0 Å². The molecule has 38 heavy (non-hydrogen) atoms. The number of hydrogen-bond donors (Lipinski definition) is 0. The predicted octanol–water partition coefficient (Wildman–Crippen LogP) is 5.53. The second kappa shape index (κ2) is 10.4. The van der Waals surface area contributed by atoms with Gasteiger partial charge in [0.2, 0.25) is 5.91 Å². The first-order valence-electron chi connectivity index (χ1n) is 13.5.